The number of aromatic nitrogens is 2. The Hall–Kier alpha value is -2.41. The zero-order chi connectivity index (χ0) is 15.0. The van der Waals surface area contributed by atoms with Gasteiger partial charge in [0.15, 0.2) is 5.69 Å². The number of ether oxygens (including phenoxy) is 2. The Bertz CT molecular complexity index is 715. The minimum Gasteiger partial charge on any atom is -0.476 e. The van der Waals surface area contributed by atoms with Crippen molar-refractivity contribution in [2.75, 3.05) is 20.3 Å². The van der Waals surface area contributed by atoms with Crippen LogP contribution < -0.4 is 0 Å². The van der Waals surface area contributed by atoms with Crippen LogP contribution in [0, 0.1) is 0 Å². The average Bonchev–Trinajstić information content (AvgIpc) is 3.12. The van der Waals surface area contributed by atoms with Gasteiger partial charge in [0.1, 0.15) is 5.82 Å². The van der Waals surface area contributed by atoms with Crippen LogP contribution in [0.1, 0.15) is 39.0 Å². The van der Waals surface area contributed by atoms with Crippen LogP contribution in [0.3, 0.4) is 0 Å². The molecule has 0 spiro atoms. The number of carbonyl (C=O) groups excluding carboxylic acids is 1. The fourth-order valence-corrected chi connectivity index (χ4v) is 2.54. The molecule has 0 radical (unpaired) electrons. The molecule has 110 valence electrons. The molecule has 21 heavy (non-hydrogen) atoms. The van der Waals surface area contributed by atoms with E-state index in [0.717, 1.165) is 6.42 Å². The van der Waals surface area contributed by atoms with E-state index < -0.39 is 11.9 Å². The van der Waals surface area contributed by atoms with E-state index in [1.165, 1.54) is 13.2 Å². The van der Waals surface area contributed by atoms with Crippen molar-refractivity contribution in [2.45, 2.75) is 12.3 Å². The minimum atomic E-state index is -1.13. The third kappa shape index (κ3) is 2.25. The fraction of sp³-hybridized carbons (Fsp3) is 0.357. The zero-order valence-corrected chi connectivity index (χ0v) is 11.4. The van der Waals surface area contributed by atoms with Crippen molar-refractivity contribution < 1.29 is 24.2 Å². The SMILES string of the molecule is COC(=O)c1ccn2c(C3CCOC3)nc(C(=O)O)c2c1. The number of aromatic carboxylic acids is 1. The molecule has 1 aliphatic rings. The molecule has 0 bridgehead atoms. The summed E-state index contributed by atoms with van der Waals surface area (Å²) in [6.45, 7) is 1.17. The Labute approximate surface area is 120 Å². The first-order chi connectivity index (χ1) is 10.1. The number of hydrogen-bond acceptors (Lipinski definition) is 5. The number of carbonyl (C=O) groups is 2. The monoisotopic (exact) mass is 290 g/mol. The van der Waals surface area contributed by atoms with Gasteiger partial charge in [0.2, 0.25) is 0 Å². The van der Waals surface area contributed by atoms with E-state index >= 15 is 0 Å². The van der Waals surface area contributed by atoms with E-state index in [1.807, 2.05) is 0 Å². The summed E-state index contributed by atoms with van der Waals surface area (Å²) in [6.07, 6.45) is 2.45. The molecule has 3 heterocycles. The largest absolute Gasteiger partial charge is 0.476 e. The Morgan fingerprint density at radius 1 is 1.52 bits per heavy atom. The van der Waals surface area contributed by atoms with Crippen LogP contribution in [0.2, 0.25) is 0 Å². The summed E-state index contributed by atoms with van der Waals surface area (Å²) in [5.74, 6) is -0.925. The summed E-state index contributed by atoms with van der Waals surface area (Å²) in [6, 6.07) is 3.08. The first-order valence-electron chi connectivity index (χ1n) is 6.53. The summed E-state index contributed by atoms with van der Waals surface area (Å²) in [5, 5.41) is 9.30. The van der Waals surface area contributed by atoms with Gasteiger partial charge in [-0.1, -0.05) is 0 Å². The molecule has 0 aliphatic carbocycles. The van der Waals surface area contributed by atoms with Crippen molar-refractivity contribution in [2.24, 2.45) is 0 Å². The number of carboxylic acids is 1. The van der Waals surface area contributed by atoms with E-state index in [2.05, 4.69) is 9.72 Å². The molecule has 0 amide bonds. The van der Waals surface area contributed by atoms with Gasteiger partial charge in [0.25, 0.3) is 0 Å². The molecule has 1 aliphatic heterocycles. The van der Waals surface area contributed by atoms with Gasteiger partial charge >= 0.3 is 11.9 Å². The van der Waals surface area contributed by atoms with Gasteiger partial charge in [0.05, 0.1) is 24.8 Å². The topological polar surface area (TPSA) is 90.1 Å². The van der Waals surface area contributed by atoms with Crippen molar-refractivity contribution in [3.8, 4) is 0 Å². The van der Waals surface area contributed by atoms with Gasteiger partial charge in [-0.05, 0) is 18.6 Å². The highest BCUT2D eigenvalue weighted by molar-refractivity contribution is 5.97. The number of methoxy groups -OCH3 is 1. The van der Waals surface area contributed by atoms with Crippen molar-refractivity contribution in [3.05, 3.63) is 35.4 Å². The van der Waals surface area contributed by atoms with Crippen LogP contribution in [0.5, 0.6) is 0 Å². The number of hydrogen-bond donors (Lipinski definition) is 1. The van der Waals surface area contributed by atoms with E-state index in [1.54, 1.807) is 16.7 Å². The quantitative estimate of drug-likeness (QED) is 0.857. The minimum absolute atomic E-state index is 0.0644. The number of pyridine rings is 1. The lowest BCUT2D eigenvalue weighted by Gasteiger charge is -2.07. The molecule has 1 unspecified atom stereocenters. The summed E-state index contributed by atoms with van der Waals surface area (Å²) in [7, 11) is 1.28. The summed E-state index contributed by atoms with van der Waals surface area (Å²) >= 11 is 0. The molecule has 1 atom stereocenters. The van der Waals surface area contributed by atoms with Gasteiger partial charge in [-0.25, -0.2) is 14.6 Å². The van der Waals surface area contributed by atoms with Crippen LogP contribution in [0.25, 0.3) is 5.52 Å². The zero-order valence-electron chi connectivity index (χ0n) is 11.4. The number of rotatable bonds is 3. The van der Waals surface area contributed by atoms with E-state index in [4.69, 9.17) is 4.74 Å². The molecule has 2 aromatic rings. The maximum atomic E-state index is 11.6. The number of carboxylic acid groups (broad SMARTS) is 1. The standard InChI is InChI=1S/C14H14N2O5/c1-20-14(19)8-2-4-16-10(6-8)11(13(17)18)15-12(16)9-3-5-21-7-9/h2,4,6,9H,3,5,7H2,1H3,(H,17,18). The Morgan fingerprint density at radius 3 is 2.95 bits per heavy atom. The lowest BCUT2D eigenvalue weighted by molar-refractivity contribution is 0.0599. The van der Waals surface area contributed by atoms with E-state index in [9.17, 15) is 14.7 Å². The van der Waals surface area contributed by atoms with Crippen molar-refractivity contribution in [1.82, 2.24) is 9.38 Å². The van der Waals surface area contributed by atoms with Crippen molar-refractivity contribution >= 4 is 17.5 Å². The fourth-order valence-electron chi connectivity index (χ4n) is 2.54. The second-order valence-corrected chi connectivity index (χ2v) is 4.85. The molecule has 7 heteroatoms. The van der Waals surface area contributed by atoms with Crippen molar-refractivity contribution in [3.63, 3.8) is 0 Å². The smallest absolute Gasteiger partial charge is 0.356 e. The summed E-state index contributed by atoms with van der Waals surface area (Å²) in [5.41, 5.74) is 0.608. The maximum absolute atomic E-state index is 11.6. The molecule has 3 rings (SSSR count). The molecule has 1 saturated heterocycles. The van der Waals surface area contributed by atoms with Crippen LogP contribution in [0.4, 0.5) is 0 Å². The lowest BCUT2D eigenvalue weighted by Crippen LogP contribution is -2.05. The number of nitrogens with zero attached hydrogens (tertiary/aromatic N) is 2. The second-order valence-electron chi connectivity index (χ2n) is 4.85. The molecular formula is C14H14N2O5. The summed E-state index contributed by atoms with van der Waals surface area (Å²) < 4.78 is 11.7. The van der Waals surface area contributed by atoms with Crippen LogP contribution >= 0.6 is 0 Å². The third-order valence-electron chi connectivity index (χ3n) is 3.59. The first-order valence-corrected chi connectivity index (χ1v) is 6.53. The van der Waals surface area contributed by atoms with E-state index in [0.29, 0.717) is 30.1 Å². The Kier molecular flexibility index (Phi) is 3.34. The Balaban J connectivity index is 2.18. The third-order valence-corrected chi connectivity index (χ3v) is 3.59. The van der Waals surface area contributed by atoms with Gasteiger partial charge in [-0.15, -0.1) is 0 Å². The van der Waals surface area contributed by atoms with Gasteiger partial charge in [-0.2, -0.15) is 0 Å². The first kappa shape index (κ1) is 13.6. The predicted octanol–water partition coefficient (Wildman–Crippen LogP) is 1.32. The molecule has 2 aromatic heterocycles. The maximum Gasteiger partial charge on any atom is 0.356 e. The molecule has 0 aromatic carbocycles. The Morgan fingerprint density at radius 2 is 2.33 bits per heavy atom. The molecule has 7 nitrogen and oxygen atoms in total. The molecule has 1 fully saturated rings. The van der Waals surface area contributed by atoms with Crippen LogP contribution in [-0.4, -0.2) is 46.8 Å². The number of esters is 1. The van der Waals surface area contributed by atoms with Crippen LogP contribution in [-0.2, 0) is 9.47 Å². The van der Waals surface area contributed by atoms with Crippen LogP contribution in [0.15, 0.2) is 18.3 Å². The highest BCUT2D eigenvalue weighted by Crippen LogP contribution is 2.27. The summed E-state index contributed by atoms with van der Waals surface area (Å²) in [4.78, 5) is 27.2. The van der Waals surface area contributed by atoms with Gasteiger partial charge in [-0.3, -0.25) is 0 Å². The van der Waals surface area contributed by atoms with Gasteiger partial charge in [0, 0.05) is 18.7 Å². The molecule has 0 saturated carbocycles. The molecular weight excluding hydrogens is 276 g/mol. The highest BCUT2D eigenvalue weighted by atomic mass is 16.5. The number of imidazole rings is 1. The second kappa shape index (κ2) is 5.17. The normalized spacial score (nSPS) is 18.0. The highest BCUT2D eigenvalue weighted by Gasteiger charge is 2.26. The van der Waals surface area contributed by atoms with Crippen molar-refractivity contribution in [1.29, 1.82) is 0 Å². The van der Waals surface area contributed by atoms with E-state index in [-0.39, 0.29) is 11.6 Å². The predicted molar refractivity (Wildman–Crippen MR) is 71.7 cm³/mol. The number of fused-ring (bicyclic) bond motifs is 1. The lowest BCUT2D eigenvalue weighted by atomic mass is 10.1. The average molecular weight is 290 g/mol. The molecule has 1 N–H and O–H groups in total. The van der Waals surface area contributed by atoms with Gasteiger partial charge < -0.3 is 19.0 Å².